The SMILES string of the molecule is CCC1(C(=O)C(C)(C)C(=O)OC)C2c3ccccc3OC(=O)C21C(=O)NC1CCCCC1. The molecule has 0 bridgehead atoms. The summed E-state index contributed by atoms with van der Waals surface area (Å²) in [6, 6.07) is 6.99. The Bertz CT molecular complexity index is 978. The molecule has 172 valence electrons. The van der Waals surface area contributed by atoms with Crippen LogP contribution in [0.25, 0.3) is 0 Å². The molecule has 0 spiro atoms. The Labute approximate surface area is 188 Å². The summed E-state index contributed by atoms with van der Waals surface area (Å²) in [5.74, 6) is -2.66. The van der Waals surface area contributed by atoms with Gasteiger partial charge < -0.3 is 14.8 Å². The van der Waals surface area contributed by atoms with Crippen molar-refractivity contribution in [2.24, 2.45) is 16.2 Å². The highest BCUT2D eigenvalue weighted by Crippen LogP contribution is 2.80. The van der Waals surface area contributed by atoms with Gasteiger partial charge in [0.05, 0.1) is 12.5 Å². The maximum absolute atomic E-state index is 14.0. The number of fused-ring (bicyclic) bond motifs is 3. The van der Waals surface area contributed by atoms with Crippen molar-refractivity contribution in [2.75, 3.05) is 7.11 Å². The summed E-state index contributed by atoms with van der Waals surface area (Å²) in [5.41, 5.74) is -3.93. The molecule has 0 saturated heterocycles. The van der Waals surface area contributed by atoms with Gasteiger partial charge in [-0.05, 0) is 39.2 Å². The number of nitrogens with one attached hydrogen (secondary N) is 1. The number of methoxy groups -OCH3 is 1. The van der Waals surface area contributed by atoms with Crippen LogP contribution in [0.15, 0.2) is 24.3 Å². The van der Waals surface area contributed by atoms with E-state index in [0.717, 1.165) is 32.1 Å². The minimum Gasteiger partial charge on any atom is -0.468 e. The number of Topliss-reactive ketones (excluding diaryl/α,β-unsaturated/α-hetero) is 1. The molecule has 1 amide bonds. The van der Waals surface area contributed by atoms with Crippen LogP contribution >= 0.6 is 0 Å². The van der Waals surface area contributed by atoms with Crippen LogP contribution in [0.4, 0.5) is 0 Å². The van der Waals surface area contributed by atoms with Gasteiger partial charge in [-0.2, -0.15) is 0 Å². The lowest BCUT2D eigenvalue weighted by molar-refractivity contribution is -0.162. The molecule has 2 aliphatic carbocycles. The van der Waals surface area contributed by atoms with Gasteiger partial charge in [-0.1, -0.05) is 44.4 Å². The van der Waals surface area contributed by atoms with E-state index < -0.39 is 45.8 Å². The zero-order valence-electron chi connectivity index (χ0n) is 19.2. The lowest BCUT2D eigenvalue weighted by atomic mass is 9.73. The Balaban J connectivity index is 1.84. The molecule has 4 rings (SSSR count). The Morgan fingerprint density at radius 3 is 2.44 bits per heavy atom. The Morgan fingerprint density at radius 1 is 1.16 bits per heavy atom. The maximum atomic E-state index is 14.0. The van der Waals surface area contributed by atoms with E-state index in [1.165, 1.54) is 21.0 Å². The van der Waals surface area contributed by atoms with Gasteiger partial charge in [-0.3, -0.25) is 19.2 Å². The van der Waals surface area contributed by atoms with E-state index in [2.05, 4.69) is 5.32 Å². The second kappa shape index (κ2) is 7.71. The molecule has 3 atom stereocenters. The van der Waals surface area contributed by atoms with E-state index in [9.17, 15) is 19.2 Å². The molecule has 7 nitrogen and oxygen atoms in total. The quantitative estimate of drug-likeness (QED) is 0.413. The standard InChI is InChI=1S/C25H31NO6/c1-5-24(19(27)23(2,3)21(29)31-4)18-16-13-9-10-14-17(16)32-22(30)25(18,24)20(28)26-15-11-7-6-8-12-15/h9-10,13-15,18H,5-8,11-12H2,1-4H3,(H,26,28). The third-order valence-corrected chi connectivity index (χ3v) is 7.83. The van der Waals surface area contributed by atoms with Crippen molar-refractivity contribution >= 4 is 23.6 Å². The largest absolute Gasteiger partial charge is 0.468 e. The predicted octanol–water partition coefficient (Wildman–Crippen LogP) is 3.30. The fourth-order valence-corrected chi connectivity index (χ4v) is 6.16. The molecule has 0 aromatic heterocycles. The predicted molar refractivity (Wildman–Crippen MR) is 116 cm³/mol. The van der Waals surface area contributed by atoms with Crippen LogP contribution in [0.1, 0.15) is 70.8 Å². The van der Waals surface area contributed by atoms with Gasteiger partial charge in [-0.25, -0.2) is 0 Å². The molecule has 1 aromatic carbocycles. The monoisotopic (exact) mass is 441 g/mol. The highest BCUT2D eigenvalue weighted by atomic mass is 16.5. The van der Waals surface area contributed by atoms with Gasteiger partial charge >= 0.3 is 11.9 Å². The summed E-state index contributed by atoms with van der Waals surface area (Å²) in [6.07, 6.45) is 5.07. The summed E-state index contributed by atoms with van der Waals surface area (Å²) in [6.45, 7) is 4.77. The summed E-state index contributed by atoms with van der Waals surface area (Å²) in [7, 11) is 1.23. The summed E-state index contributed by atoms with van der Waals surface area (Å²) in [5, 5.41) is 3.06. The number of carbonyl (C=O) groups excluding carboxylic acids is 4. The number of ether oxygens (including phenoxy) is 2. The Kier molecular flexibility index (Phi) is 5.42. The molecule has 1 aromatic rings. The first-order chi connectivity index (χ1) is 15.2. The number of hydrogen-bond acceptors (Lipinski definition) is 6. The highest BCUT2D eigenvalue weighted by Gasteiger charge is 2.90. The summed E-state index contributed by atoms with van der Waals surface area (Å²) in [4.78, 5) is 53.9. The molecule has 32 heavy (non-hydrogen) atoms. The molecule has 3 aliphatic rings. The Hall–Kier alpha value is -2.70. The van der Waals surface area contributed by atoms with Gasteiger partial charge in [0.1, 0.15) is 11.2 Å². The van der Waals surface area contributed by atoms with Gasteiger partial charge in [0, 0.05) is 17.5 Å². The fourth-order valence-electron chi connectivity index (χ4n) is 6.16. The first-order valence-electron chi connectivity index (χ1n) is 11.4. The second-order valence-corrected chi connectivity index (χ2v) is 9.75. The molecule has 7 heteroatoms. The van der Waals surface area contributed by atoms with Crippen LogP contribution in [0.2, 0.25) is 0 Å². The minimum atomic E-state index is -1.68. The molecule has 0 radical (unpaired) electrons. The first-order valence-corrected chi connectivity index (χ1v) is 11.4. The first kappa shape index (κ1) is 22.5. The number of esters is 2. The molecule has 1 aliphatic heterocycles. The van der Waals surface area contributed by atoms with Crippen molar-refractivity contribution < 1.29 is 28.7 Å². The molecule has 2 saturated carbocycles. The smallest absolute Gasteiger partial charge is 0.328 e. The average molecular weight is 442 g/mol. The summed E-state index contributed by atoms with van der Waals surface area (Å²) >= 11 is 0. The Morgan fingerprint density at radius 2 is 1.81 bits per heavy atom. The fraction of sp³-hybridized carbons (Fsp3) is 0.600. The molecule has 1 N–H and O–H groups in total. The zero-order valence-corrected chi connectivity index (χ0v) is 19.2. The van der Waals surface area contributed by atoms with E-state index in [1.807, 2.05) is 0 Å². The number of carbonyl (C=O) groups is 4. The number of rotatable bonds is 6. The number of ketones is 1. The van der Waals surface area contributed by atoms with Crippen molar-refractivity contribution in [2.45, 2.75) is 71.3 Å². The second-order valence-electron chi connectivity index (χ2n) is 9.75. The third-order valence-electron chi connectivity index (χ3n) is 7.83. The number of benzene rings is 1. The third kappa shape index (κ3) is 2.79. The van der Waals surface area contributed by atoms with Crippen molar-refractivity contribution in [3.63, 3.8) is 0 Å². The number of hydrogen-bond donors (Lipinski definition) is 1. The zero-order chi connectivity index (χ0) is 23.3. The van der Waals surface area contributed by atoms with Crippen LogP contribution in [-0.4, -0.2) is 36.8 Å². The van der Waals surface area contributed by atoms with Crippen LogP contribution < -0.4 is 10.1 Å². The van der Waals surface area contributed by atoms with Crippen LogP contribution in [-0.2, 0) is 23.9 Å². The van der Waals surface area contributed by atoms with Gasteiger partial charge in [0.15, 0.2) is 11.2 Å². The molecule has 3 unspecified atom stereocenters. The van der Waals surface area contributed by atoms with Gasteiger partial charge in [0.2, 0.25) is 5.91 Å². The normalized spacial score (nSPS) is 29.2. The topological polar surface area (TPSA) is 98.8 Å². The molecular weight excluding hydrogens is 410 g/mol. The van der Waals surface area contributed by atoms with Gasteiger partial charge in [0.25, 0.3) is 0 Å². The van der Waals surface area contributed by atoms with Crippen LogP contribution in [0, 0.1) is 16.2 Å². The van der Waals surface area contributed by atoms with Crippen molar-refractivity contribution in [1.82, 2.24) is 5.32 Å². The van der Waals surface area contributed by atoms with Gasteiger partial charge in [-0.15, -0.1) is 0 Å². The summed E-state index contributed by atoms with van der Waals surface area (Å²) < 4.78 is 10.5. The van der Waals surface area contributed by atoms with E-state index >= 15 is 0 Å². The number of para-hydroxylation sites is 1. The van der Waals surface area contributed by atoms with Crippen LogP contribution in [0.5, 0.6) is 5.75 Å². The van der Waals surface area contributed by atoms with E-state index in [-0.39, 0.29) is 12.5 Å². The van der Waals surface area contributed by atoms with E-state index in [1.54, 1.807) is 31.2 Å². The van der Waals surface area contributed by atoms with Crippen molar-refractivity contribution in [1.29, 1.82) is 0 Å². The van der Waals surface area contributed by atoms with E-state index in [0.29, 0.717) is 11.3 Å². The molecule has 1 heterocycles. The van der Waals surface area contributed by atoms with Crippen LogP contribution in [0.3, 0.4) is 0 Å². The lowest BCUT2D eigenvalue weighted by Crippen LogP contribution is -2.51. The van der Waals surface area contributed by atoms with Crippen molar-refractivity contribution in [3.8, 4) is 5.75 Å². The highest BCUT2D eigenvalue weighted by molar-refractivity contribution is 6.21. The lowest BCUT2D eigenvalue weighted by Gasteiger charge is -2.30. The molecular formula is C25H31NO6. The minimum absolute atomic E-state index is 0.0323. The average Bonchev–Trinajstić information content (AvgIpc) is 3.45. The molecule has 2 fully saturated rings. The number of amides is 1. The maximum Gasteiger partial charge on any atom is 0.328 e. The van der Waals surface area contributed by atoms with Crippen molar-refractivity contribution in [3.05, 3.63) is 29.8 Å². The van der Waals surface area contributed by atoms with E-state index in [4.69, 9.17) is 9.47 Å².